The van der Waals surface area contributed by atoms with E-state index in [9.17, 15) is 0 Å². The molecule has 18 N–H and O–H groups in total. The molecule has 0 saturated carbocycles. The van der Waals surface area contributed by atoms with Crippen LogP contribution >= 0.6 is 0 Å². The van der Waals surface area contributed by atoms with Crippen molar-refractivity contribution in [3.8, 4) is 0 Å². The van der Waals surface area contributed by atoms with Gasteiger partial charge in [0.05, 0.1) is 79.3 Å². The molecule has 0 aliphatic heterocycles. The summed E-state index contributed by atoms with van der Waals surface area (Å²) < 4.78 is 0. The van der Waals surface area contributed by atoms with E-state index < -0.39 is 0 Å². The first-order valence-corrected chi connectivity index (χ1v) is 22.1. The Morgan fingerprint density at radius 2 is 0.239 bits per heavy atom. The van der Waals surface area contributed by atoms with Gasteiger partial charge >= 0.3 is 0 Å². The van der Waals surface area contributed by atoms with Crippen LogP contribution in [0, 0.1) is 0 Å². The first kappa shape index (κ1) is 101. The van der Waals surface area contributed by atoms with Crippen molar-refractivity contribution >= 4 is 0 Å². The third-order valence-corrected chi connectivity index (χ3v) is 4.99. The normalized spacial score (nSPS) is 9.67. The van der Waals surface area contributed by atoms with Gasteiger partial charge in [-0.25, -0.2) is 0 Å². The Morgan fingerprint density at radius 1 is 0.194 bits per heavy atom. The van der Waals surface area contributed by atoms with Crippen LogP contribution in [0.3, 0.4) is 0 Å². The predicted molar refractivity (Wildman–Crippen MR) is 255 cm³/mol. The first-order chi connectivity index (χ1) is 29.8. The minimum atomic E-state index is -0.167. The van der Waals surface area contributed by atoms with E-state index in [4.69, 9.17) is 91.9 Å². The molecule has 416 valence electrons. The zero-order valence-corrected chi connectivity index (χ0v) is 48.5. The number of hydrogen-bond donors (Lipinski definition) is 18. The fraction of sp³-hybridized carbons (Fsp3) is 1.00. The van der Waals surface area contributed by atoms with E-state index in [2.05, 4.69) is 0 Å². The van der Waals surface area contributed by atoms with E-state index in [1.807, 2.05) is 0 Å². The van der Waals surface area contributed by atoms with Crippen molar-refractivity contribution in [2.24, 2.45) is 0 Å². The zero-order valence-electron chi connectivity index (χ0n) is 43.8. The van der Waals surface area contributed by atoms with E-state index in [0.717, 1.165) is 0 Å². The van der Waals surface area contributed by atoms with E-state index in [-0.39, 0.29) is 181 Å². The monoisotopic (exact) mass is 1100 g/mol. The molecule has 22 nitrogen and oxygen atoms in total. The Morgan fingerprint density at radius 3 is 0.269 bits per heavy atom. The largest absolute Gasteiger partial charge is 0.395 e. The maximum atomic E-state index is 8.48. The molecule has 25 heteroatoms. The van der Waals surface area contributed by atoms with Crippen molar-refractivity contribution in [2.45, 2.75) is 120 Å². The summed E-state index contributed by atoms with van der Waals surface area (Å²) in [5.41, 5.74) is 0. The molecule has 0 atom stereocenters. The molecule has 0 aromatic carbocycles. The molecule has 0 fully saturated rings. The Balaban J connectivity index is -0.0000000450. The molecule has 0 saturated heterocycles. The van der Waals surface area contributed by atoms with Crippen molar-refractivity contribution in [2.75, 3.05) is 158 Å². The van der Waals surface area contributed by atoms with Gasteiger partial charge in [-0.15, -0.1) is 0 Å². The van der Waals surface area contributed by atoms with Crippen LogP contribution in [0.1, 0.15) is 83.1 Å². The van der Waals surface area contributed by atoms with E-state index in [1.165, 1.54) is 0 Å². The van der Waals surface area contributed by atoms with Crippen molar-refractivity contribution in [1.82, 2.24) is 19.6 Å². The average Bonchev–Trinajstić information content (AvgIpc) is 3.13. The summed E-state index contributed by atoms with van der Waals surface area (Å²) in [7, 11) is 0. The Kier molecular flexibility index (Phi) is 146. The van der Waals surface area contributed by atoms with Gasteiger partial charge in [-0.3, -0.25) is 19.6 Å². The molecule has 0 spiro atoms. The minimum Gasteiger partial charge on any atom is -0.395 e. The summed E-state index contributed by atoms with van der Waals surface area (Å²) in [5.74, 6) is 0. The molecule has 0 heterocycles. The molecule has 0 aromatic rings. The quantitative estimate of drug-likeness (QED) is 0.0404. The third kappa shape index (κ3) is 206. The van der Waals surface area contributed by atoms with Crippen LogP contribution in [0.2, 0.25) is 0 Å². The molecule has 0 aliphatic carbocycles. The maximum absolute atomic E-state index is 8.48. The molecule has 0 radical (unpaired) electrons. The van der Waals surface area contributed by atoms with Crippen molar-refractivity contribution < 1.29 is 157 Å². The van der Waals surface area contributed by atoms with Crippen molar-refractivity contribution in [3.05, 3.63) is 0 Å². The second kappa shape index (κ2) is 96.7. The molecule has 0 rings (SSSR count). The predicted octanol–water partition coefficient (Wildman–Crippen LogP) is -4.62. The number of hydrogen-bond acceptors (Lipinski definition) is 22. The molecule has 67 heavy (non-hydrogen) atoms. The molecule has 0 unspecified atom stereocenters. The third-order valence-electron chi connectivity index (χ3n) is 4.99. The van der Waals surface area contributed by atoms with Gasteiger partial charge in [-0.05, 0) is 83.1 Å². The van der Waals surface area contributed by atoms with Gasteiger partial charge in [0.1, 0.15) is 0 Å². The van der Waals surface area contributed by atoms with Crippen molar-refractivity contribution in [1.29, 1.82) is 0 Å². The number of aliphatic hydroxyl groups is 18. The molecular weight excluding hydrogens is 992 g/mol. The van der Waals surface area contributed by atoms with Gasteiger partial charge in [-0.1, -0.05) is 0 Å². The van der Waals surface area contributed by atoms with Gasteiger partial charge in [0.2, 0.25) is 0 Å². The molecular formula is C42H108N4O18Ti3. The van der Waals surface area contributed by atoms with E-state index in [1.54, 1.807) is 103 Å². The summed E-state index contributed by atoms with van der Waals surface area (Å²) in [5, 5.41) is 150. The summed E-state index contributed by atoms with van der Waals surface area (Å²) >= 11 is 0. The molecule has 0 aromatic heterocycles. The summed E-state index contributed by atoms with van der Waals surface area (Å²) in [6, 6.07) is 0. The van der Waals surface area contributed by atoms with E-state index in [0.29, 0.717) is 78.5 Å². The second-order valence-electron chi connectivity index (χ2n) is 14.6. The molecule has 0 aliphatic rings. The standard InChI is InChI=1S/4C6H15NO3.6C3H8O.3Ti/c4*8-4-1-7(2-5-9)3-6-10;6*1-3(2)4;;;/h4*8-10H,1-6H2;6*3-4H,1-2H3;;;. The van der Waals surface area contributed by atoms with Crippen LogP contribution in [-0.4, -0.2) is 306 Å². The van der Waals surface area contributed by atoms with Crippen LogP contribution in [-0.2, 0) is 65.2 Å². The average molecular weight is 1100 g/mol. The zero-order chi connectivity index (χ0) is 52.7. The van der Waals surface area contributed by atoms with Gasteiger partial charge in [0, 0.05) is 180 Å². The fourth-order valence-electron chi connectivity index (χ4n) is 3.04. The van der Waals surface area contributed by atoms with Gasteiger partial charge < -0.3 is 91.9 Å². The van der Waals surface area contributed by atoms with Gasteiger partial charge in [0.15, 0.2) is 0 Å². The number of nitrogens with zero attached hydrogens (tertiary/aromatic N) is 4. The Bertz CT molecular complexity index is 510. The molecule has 0 bridgehead atoms. The minimum absolute atomic E-state index is 0. The first-order valence-electron chi connectivity index (χ1n) is 22.1. The van der Waals surface area contributed by atoms with Crippen LogP contribution in [0.5, 0.6) is 0 Å². The van der Waals surface area contributed by atoms with Crippen LogP contribution in [0.25, 0.3) is 0 Å². The van der Waals surface area contributed by atoms with Crippen LogP contribution in [0.15, 0.2) is 0 Å². The topological polar surface area (TPSA) is 377 Å². The second-order valence-corrected chi connectivity index (χ2v) is 14.6. The van der Waals surface area contributed by atoms with Crippen LogP contribution in [0.4, 0.5) is 0 Å². The summed E-state index contributed by atoms with van der Waals surface area (Å²) in [4.78, 5) is 7.17. The van der Waals surface area contributed by atoms with Gasteiger partial charge in [0.25, 0.3) is 0 Å². The smallest absolute Gasteiger partial charge is 0.0558 e. The van der Waals surface area contributed by atoms with Crippen molar-refractivity contribution in [3.63, 3.8) is 0 Å². The number of rotatable bonds is 24. The SMILES string of the molecule is CC(C)O.CC(C)O.CC(C)O.CC(C)O.CC(C)O.CC(C)O.OCCN(CCO)CCO.OCCN(CCO)CCO.OCCN(CCO)CCO.OCCN(CCO)CCO.[Ti].[Ti].[Ti]. The van der Waals surface area contributed by atoms with Crippen LogP contribution < -0.4 is 0 Å². The van der Waals surface area contributed by atoms with Gasteiger partial charge in [-0.2, -0.15) is 0 Å². The Hall–Kier alpha value is 1.26. The number of aliphatic hydroxyl groups excluding tert-OH is 18. The molecule has 0 amide bonds. The summed E-state index contributed by atoms with van der Waals surface area (Å²) in [6.45, 7) is 27.7. The summed E-state index contributed by atoms with van der Waals surface area (Å²) in [6.07, 6.45) is -1.00. The van der Waals surface area contributed by atoms with E-state index >= 15 is 0 Å². The fourth-order valence-corrected chi connectivity index (χ4v) is 3.04. The maximum Gasteiger partial charge on any atom is 0.0558 e. The Labute approximate surface area is 451 Å².